The molecule has 0 radical (unpaired) electrons. The minimum atomic E-state index is 0.599. The summed E-state index contributed by atoms with van der Waals surface area (Å²) < 4.78 is 21.8. The molecule has 0 fully saturated rings. The Kier molecular flexibility index (Phi) is 6.40. The van der Waals surface area contributed by atoms with Crippen LogP contribution in [0.25, 0.3) is 11.0 Å². The molecule has 0 amide bonds. The van der Waals surface area contributed by atoms with Gasteiger partial charge in [0, 0.05) is 25.0 Å². The van der Waals surface area contributed by atoms with E-state index in [0.717, 1.165) is 56.5 Å². The Morgan fingerprint density at radius 3 is 1.19 bits per heavy atom. The Hall–Kier alpha value is -3.80. The van der Waals surface area contributed by atoms with Crippen molar-refractivity contribution in [3.8, 4) is 23.0 Å². The largest absolute Gasteiger partial charge is 0.497 e. The molecule has 3 aromatic carbocycles. The highest BCUT2D eigenvalue weighted by Gasteiger charge is 2.14. The van der Waals surface area contributed by atoms with Gasteiger partial charge >= 0.3 is 0 Å². The molecule has 164 valence electrons. The van der Waals surface area contributed by atoms with Crippen molar-refractivity contribution >= 4 is 11.0 Å². The maximum absolute atomic E-state index is 5.44. The molecular weight excluding hydrogens is 404 g/mol. The second-order valence-corrected chi connectivity index (χ2v) is 7.40. The van der Waals surface area contributed by atoms with Crippen LogP contribution in [0.5, 0.6) is 23.0 Å². The molecule has 0 aliphatic rings. The summed E-state index contributed by atoms with van der Waals surface area (Å²) in [6.07, 6.45) is 1.20. The van der Waals surface area contributed by atoms with Gasteiger partial charge in [0.25, 0.3) is 0 Å². The van der Waals surface area contributed by atoms with E-state index >= 15 is 0 Å². The highest BCUT2D eigenvalue weighted by Crippen LogP contribution is 2.28. The lowest BCUT2D eigenvalue weighted by Crippen LogP contribution is -2.05. The van der Waals surface area contributed by atoms with Crippen LogP contribution in [0.1, 0.15) is 22.5 Å². The molecule has 0 atom stereocenters. The van der Waals surface area contributed by atoms with Gasteiger partial charge in [-0.3, -0.25) is 0 Å². The van der Waals surface area contributed by atoms with Gasteiger partial charge in [0.1, 0.15) is 23.0 Å². The van der Waals surface area contributed by atoms with Crippen LogP contribution in [-0.4, -0.2) is 38.4 Å². The highest BCUT2D eigenvalue weighted by atomic mass is 16.5. The Bertz CT molecular complexity index is 1100. The second kappa shape index (κ2) is 9.56. The predicted octanol–water partition coefficient (Wildman–Crippen LogP) is 4.85. The number of hydrogen-bond donors (Lipinski definition) is 0. The number of fused-ring (bicyclic) bond motifs is 1. The van der Waals surface area contributed by atoms with Crippen molar-refractivity contribution in [2.45, 2.75) is 12.8 Å². The summed E-state index contributed by atoms with van der Waals surface area (Å²) in [6.45, 7) is 0. The Labute approximate surface area is 187 Å². The molecule has 0 saturated carbocycles. The van der Waals surface area contributed by atoms with E-state index in [1.807, 2.05) is 60.7 Å². The molecule has 6 nitrogen and oxygen atoms in total. The summed E-state index contributed by atoms with van der Waals surface area (Å²) in [5.41, 5.74) is 5.61. The summed E-state index contributed by atoms with van der Waals surface area (Å²) in [4.78, 5) is 9.91. The second-order valence-electron chi connectivity index (χ2n) is 7.40. The van der Waals surface area contributed by atoms with Crippen molar-refractivity contribution in [2.24, 2.45) is 0 Å². The standard InChI is InChI=1S/C26H26N2O4/c1-29-19-9-17(10-20(15-19)30-2)13-25-26(28-24-8-6-5-7-23(24)27-25)14-18-11-21(31-3)16-22(12-18)32-4/h5-12,15-16H,13-14H2,1-4H3. The number of methoxy groups -OCH3 is 4. The normalized spacial score (nSPS) is 10.8. The van der Waals surface area contributed by atoms with Gasteiger partial charge in [0.2, 0.25) is 0 Å². The third kappa shape index (κ3) is 4.75. The van der Waals surface area contributed by atoms with Crippen molar-refractivity contribution < 1.29 is 18.9 Å². The van der Waals surface area contributed by atoms with Crippen LogP contribution < -0.4 is 18.9 Å². The van der Waals surface area contributed by atoms with Crippen LogP contribution in [0.15, 0.2) is 60.7 Å². The number of para-hydroxylation sites is 2. The first-order chi connectivity index (χ1) is 15.6. The van der Waals surface area contributed by atoms with Crippen LogP contribution in [0.4, 0.5) is 0 Å². The molecule has 0 saturated heterocycles. The van der Waals surface area contributed by atoms with Crippen molar-refractivity contribution in [1.82, 2.24) is 9.97 Å². The molecule has 0 aliphatic heterocycles. The maximum Gasteiger partial charge on any atom is 0.122 e. The average Bonchev–Trinajstić information content (AvgIpc) is 2.83. The van der Waals surface area contributed by atoms with E-state index in [1.54, 1.807) is 28.4 Å². The number of rotatable bonds is 8. The molecule has 6 heteroatoms. The van der Waals surface area contributed by atoms with Crippen LogP contribution in [0.2, 0.25) is 0 Å². The smallest absolute Gasteiger partial charge is 0.122 e. The highest BCUT2D eigenvalue weighted by molar-refractivity contribution is 5.74. The van der Waals surface area contributed by atoms with Crippen LogP contribution in [0.3, 0.4) is 0 Å². The van der Waals surface area contributed by atoms with Crippen molar-refractivity contribution in [2.75, 3.05) is 28.4 Å². The molecule has 0 N–H and O–H groups in total. The molecule has 0 unspecified atom stereocenters. The number of ether oxygens (including phenoxy) is 4. The maximum atomic E-state index is 5.44. The van der Waals surface area contributed by atoms with Gasteiger partial charge < -0.3 is 18.9 Å². The van der Waals surface area contributed by atoms with Crippen LogP contribution >= 0.6 is 0 Å². The first-order valence-electron chi connectivity index (χ1n) is 10.3. The third-order valence-corrected chi connectivity index (χ3v) is 5.29. The van der Waals surface area contributed by atoms with E-state index in [-0.39, 0.29) is 0 Å². The number of benzene rings is 3. The summed E-state index contributed by atoms with van der Waals surface area (Å²) in [5, 5.41) is 0. The lowest BCUT2D eigenvalue weighted by molar-refractivity contribution is 0.393. The van der Waals surface area contributed by atoms with Crippen LogP contribution in [-0.2, 0) is 12.8 Å². The quantitative estimate of drug-likeness (QED) is 0.398. The zero-order chi connectivity index (χ0) is 22.5. The minimum Gasteiger partial charge on any atom is -0.497 e. The van der Waals surface area contributed by atoms with Gasteiger partial charge in [-0.25, -0.2) is 9.97 Å². The number of nitrogens with zero attached hydrogens (tertiary/aromatic N) is 2. The Balaban J connectivity index is 1.78. The number of aromatic nitrogens is 2. The first kappa shape index (κ1) is 21.4. The average molecular weight is 431 g/mol. The Morgan fingerprint density at radius 1 is 0.531 bits per heavy atom. The van der Waals surface area contributed by atoms with Gasteiger partial charge in [-0.15, -0.1) is 0 Å². The first-order valence-corrected chi connectivity index (χ1v) is 10.3. The molecule has 0 aliphatic carbocycles. The molecule has 4 aromatic rings. The van der Waals surface area contributed by atoms with Crippen LogP contribution in [0, 0.1) is 0 Å². The molecule has 1 aromatic heterocycles. The molecule has 32 heavy (non-hydrogen) atoms. The van der Waals surface area contributed by atoms with Gasteiger partial charge in [-0.2, -0.15) is 0 Å². The molecule has 1 heterocycles. The summed E-state index contributed by atoms with van der Waals surface area (Å²) in [5.74, 6) is 2.97. The third-order valence-electron chi connectivity index (χ3n) is 5.29. The van der Waals surface area contributed by atoms with Gasteiger partial charge in [-0.05, 0) is 47.5 Å². The zero-order valence-corrected chi connectivity index (χ0v) is 18.7. The fourth-order valence-corrected chi connectivity index (χ4v) is 3.68. The Morgan fingerprint density at radius 2 is 0.875 bits per heavy atom. The predicted molar refractivity (Wildman–Crippen MR) is 124 cm³/mol. The van der Waals surface area contributed by atoms with Gasteiger partial charge in [0.15, 0.2) is 0 Å². The van der Waals surface area contributed by atoms with Gasteiger partial charge in [0.05, 0.1) is 50.9 Å². The SMILES string of the molecule is COc1cc(Cc2nc3ccccc3nc2Cc2cc(OC)cc(OC)c2)cc(OC)c1. The van der Waals surface area contributed by atoms with Crippen molar-refractivity contribution in [1.29, 1.82) is 0 Å². The molecule has 4 rings (SSSR count). The van der Waals surface area contributed by atoms with E-state index in [4.69, 9.17) is 28.9 Å². The monoisotopic (exact) mass is 430 g/mol. The summed E-state index contributed by atoms with van der Waals surface area (Å²) in [7, 11) is 6.60. The topological polar surface area (TPSA) is 62.7 Å². The van der Waals surface area contributed by atoms with Crippen molar-refractivity contribution in [3.63, 3.8) is 0 Å². The molecule has 0 spiro atoms. The fourth-order valence-electron chi connectivity index (χ4n) is 3.68. The number of hydrogen-bond acceptors (Lipinski definition) is 6. The van der Waals surface area contributed by atoms with Gasteiger partial charge in [-0.1, -0.05) is 12.1 Å². The zero-order valence-electron chi connectivity index (χ0n) is 18.7. The lowest BCUT2D eigenvalue weighted by Gasteiger charge is -2.13. The fraction of sp³-hybridized carbons (Fsp3) is 0.231. The van der Waals surface area contributed by atoms with E-state index in [9.17, 15) is 0 Å². The van der Waals surface area contributed by atoms with E-state index in [1.165, 1.54) is 0 Å². The minimum absolute atomic E-state index is 0.599. The molecule has 0 bridgehead atoms. The van der Waals surface area contributed by atoms with E-state index < -0.39 is 0 Å². The van der Waals surface area contributed by atoms with Crippen molar-refractivity contribution in [3.05, 3.63) is 83.2 Å². The molecular formula is C26H26N2O4. The summed E-state index contributed by atoms with van der Waals surface area (Å²) in [6, 6.07) is 19.6. The summed E-state index contributed by atoms with van der Waals surface area (Å²) >= 11 is 0. The lowest BCUT2D eigenvalue weighted by atomic mass is 10.0. The van der Waals surface area contributed by atoms with E-state index in [2.05, 4.69) is 0 Å². The van der Waals surface area contributed by atoms with E-state index in [0.29, 0.717) is 12.8 Å².